The maximum absolute atomic E-state index is 4.12. The summed E-state index contributed by atoms with van der Waals surface area (Å²) in [5.41, 5.74) is 1.94. The first-order valence-corrected chi connectivity index (χ1v) is 5.56. The molecule has 0 aromatic heterocycles. The Kier molecular flexibility index (Phi) is 2.84. The van der Waals surface area contributed by atoms with Crippen LogP contribution in [0.1, 0.15) is 47.5 Å². The van der Waals surface area contributed by atoms with Crippen molar-refractivity contribution in [2.75, 3.05) is 7.05 Å². The van der Waals surface area contributed by atoms with Gasteiger partial charge < -0.3 is 0 Å². The van der Waals surface area contributed by atoms with Gasteiger partial charge in [0.2, 0.25) is 0 Å². The average Bonchev–Trinajstić information content (AvgIpc) is 1.98. The van der Waals surface area contributed by atoms with Crippen LogP contribution in [0.5, 0.6) is 0 Å². The second-order valence-electron chi connectivity index (χ2n) is 6.14. The molecule has 82 valence electrons. The molecule has 0 aliphatic carbocycles. The van der Waals surface area contributed by atoms with Crippen molar-refractivity contribution in [2.24, 2.45) is 5.92 Å². The van der Waals surface area contributed by atoms with Crippen molar-refractivity contribution in [3.8, 4) is 0 Å². The Morgan fingerprint density at radius 3 is 1.79 bits per heavy atom. The van der Waals surface area contributed by atoms with Crippen molar-refractivity contribution in [3.63, 3.8) is 0 Å². The molecule has 0 aromatic carbocycles. The van der Waals surface area contributed by atoms with Crippen LogP contribution in [-0.2, 0) is 0 Å². The van der Waals surface area contributed by atoms with E-state index in [1.807, 2.05) is 0 Å². The van der Waals surface area contributed by atoms with Crippen LogP contribution in [0.3, 0.4) is 0 Å². The van der Waals surface area contributed by atoms with Gasteiger partial charge in [-0.05, 0) is 60.4 Å². The van der Waals surface area contributed by atoms with E-state index in [1.54, 1.807) is 0 Å². The molecule has 0 atom stereocenters. The normalized spacial score (nSPS) is 27.6. The lowest BCUT2D eigenvalue weighted by Crippen LogP contribution is -2.58. The third-order valence-corrected chi connectivity index (χ3v) is 4.00. The van der Waals surface area contributed by atoms with Crippen molar-refractivity contribution in [2.45, 2.75) is 58.5 Å². The molecule has 1 rings (SSSR count). The molecule has 0 saturated carbocycles. The monoisotopic (exact) mass is 195 g/mol. The lowest BCUT2D eigenvalue weighted by molar-refractivity contribution is -0.0217. The summed E-state index contributed by atoms with van der Waals surface area (Å²) in [6, 6.07) is 0. The third-order valence-electron chi connectivity index (χ3n) is 4.00. The van der Waals surface area contributed by atoms with Crippen LogP contribution in [-0.4, -0.2) is 23.0 Å². The molecule has 0 spiro atoms. The van der Waals surface area contributed by atoms with Gasteiger partial charge in [0.05, 0.1) is 0 Å². The smallest absolute Gasteiger partial charge is 0.0161 e. The van der Waals surface area contributed by atoms with Crippen LogP contribution in [0.4, 0.5) is 0 Å². The quantitative estimate of drug-likeness (QED) is 0.579. The summed E-state index contributed by atoms with van der Waals surface area (Å²) in [5, 5.41) is 0. The van der Waals surface area contributed by atoms with E-state index in [2.05, 4.69) is 53.1 Å². The summed E-state index contributed by atoms with van der Waals surface area (Å²) in [4.78, 5) is 2.51. The molecule has 0 unspecified atom stereocenters. The van der Waals surface area contributed by atoms with Gasteiger partial charge in [-0.15, -0.1) is 0 Å². The fourth-order valence-electron chi connectivity index (χ4n) is 2.72. The molecule has 0 aromatic rings. The van der Waals surface area contributed by atoms with Crippen molar-refractivity contribution in [1.29, 1.82) is 0 Å². The molecule has 0 amide bonds. The largest absolute Gasteiger partial charge is 0.296 e. The number of likely N-dealkylation sites (tertiary alicyclic amines) is 1. The molecule has 14 heavy (non-hydrogen) atoms. The lowest BCUT2D eigenvalue weighted by Gasteiger charge is -2.54. The minimum Gasteiger partial charge on any atom is -0.296 e. The molecule has 1 aliphatic heterocycles. The summed E-state index contributed by atoms with van der Waals surface area (Å²) in [7, 11) is 2.24. The Hall–Kier alpha value is -0.300. The molecule has 1 heterocycles. The van der Waals surface area contributed by atoms with E-state index >= 15 is 0 Å². The first kappa shape index (κ1) is 11.8. The Morgan fingerprint density at radius 1 is 1.14 bits per heavy atom. The van der Waals surface area contributed by atoms with Crippen LogP contribution >= 0.6 is 0 Å². The minimum atomic E-state index is 0.297. The highest BCUT2D eigenvalue weighted by Crippen LogP contribution is 2.42. The number of hydrogen-bond donors (Lipinski definition) is 0. The van der Waals surface area contributed by atoms with E-state index in [1.165, 1.54) is 18.4 Å². The molecular weight excluding hydrogens is 170 g/mol. The molecule has 0 radical (unpaired) electrons. The number of nitrogens with zero attached hydrogens (tertiary/aromatic N) is 1. The fraction of sp³-hybridized carbons (Fsp3) is 0.846. The van der Waals surface area contributed by atoms with Gasteiger partial charge >= 0.3 is 0 Å². The first-order valence-electron chi connectivity index (χ1n) is 5.56. The topological polar surface area (TPSA) is 3.24 Å². The van der Waals surface area contributed by atoms with E-state index in [-0.39, 0.29) is 0 Å². The van der Waals surface area contributed by atoms with E-state index in [0.717, 1.165) is 0 Å². The van der Waals surface area contributed by atoms with Crippen LogP contribution in [0, 0.1) is 5.92 Å². The Bertz CT molecular complexity index is 220. The maximum Gasteiger partial charge on any atom is 0.0161 e. The average molecular weight is 195 g/mol. The molecule has 1 saturated heterocycles. The van der Waals surface area contributed by atoms with Gasteiger partial charge in [-0.2, -0.15) is 0 Å². The van der Waals surface area contributed by atoms with Gasteiger partial charge in [-0.3, -0.25) is 4.90 Å². The number of piperidine rings is 1. The van der Waals surface area contributed by atoms with Crippen molar-refractivity contribution in [3.05, 3.63) is 12.2 Å². The molecular formula is C13H25N. The molecule has 1 aliphatic rings. The van der Waals surface area contributed by atoms with Crippen LogP contribution in [0.2, 0.25) is 0 Å². The highest BCUT2D eigenvalue weighted by Gasteiger charge is 2.42. The van der Waals surface area contributed by atoms with E-state index in [0.29, 0.717) is 17.0 Å². The summed E-state index contributed by atoms with van der Waals surface area (Å²) < 4.78 is 0. The highest BCUT2D eigenvalue weighted by molar-refractivity contribution is 5.08. The van der Waals surface area contributed by atoms with Crippen molar-refractivity contribution >= 4 is 0 Å². The van der Waals surface area contributed by atoms with Gasteiger partial charge in [0.1, 0.15) is 0 Å². The predicted octanol–water partition coefficient (Wildman–Crippen LogP) is 3.46. The van der Waals surface area contributed by atoms with Crippen LogP contribution < -0.4 is 0 Å². The van der Waals surface area contributed by atoms with Crippen LogP contribution in [0.15, 0.2) is 12.2 Å². The third kappa shape index (κ3) is 2.03. The number of hydrogen-bond acceptors (Lipinski definition) is 1. The Labute approximate surface area is 89.2 Å². The summed E-state index contributed by atoms with van der Waals surface area (Å²) in [5.74, 6) is 0.691. The van der Waals surface area contributed by atoms with E-state index < -0.39 is 0 Å². The molecule has 0 N–H and O–H groups in total. The predicted molar refractivity (Wildman–Crippen MR) is 63.5 cm³/mol. The van der Waals surface area contributed by atoms with Gasteiger partial charge in [-0.1, -0.05) is 12.2 Å². The minimum absolute atomic E-state index is 0.297. The highest BCUT2D eigenvalue weighted by atomic mass is 15.2. The first-order chi connectivity index (χ1) is 6.17. The second-order valence-corrected chi connectivity index (χ2v) is 6.14. The Morgan fingerprint density at radius 2 is 1.50 bits per heavy atom. The fourth-order valence-corrected chi connectivity index (χ4v) is 2.72. The van der Waals surface area contributed by atoms with Gasteiger partial charge in [0.15, 0.2) is 0 Å². The van der Waals surface area contributed by atoms with Gasteiger partial charge in [0.25, 0.3) is 0 Å². The van der Waals surface area contributed by atoms with Crippen molar-refractivity contribution in [1.82, 2.24) is 4.90 Å². The molecule has 0 bridgehead atoms. The molecule has 1 fully saturated rings. The van der Waals surface area contributed by atoms with Crippen molar-refractivity contribution < 1.29 is 0 Å². The van der Waals surface area contributed by atoms with E-state index in [4.69, 9.17) is 0 Å². The zero-order valence-corrected chi connectivity index (χ0v) is 10.6. The summed E-state index contributed by atoms with van der Waals surface area (Å²) in [6.07, 6.45) is 2.48. The number of allylic oxidation sites excluding steroid dienone is 1. The summed E-state index contributed by atoms with van der Waals surface area (Å²) >= 11 is 0. The lowest BCUT2D eigenvalue weighted by atomic mass is 9.72. The van der Waals surface area contributed by atoms with Gasteiger partial charge in [0, 0.05) is 11.1 Å². The zero-order chi connectivity index (χ0) is 11.1. The zero-order valence-electron chi connectivity index (χ0n) is 10.6. The second kappa shape index (κ2) is 3.37. The van der Waals surface area contributed by atoms with E-state index in [9.17, 15) is 0 Å². The molecule has 1 nitrogen and oxygen atoms in total. The van der Waals surface area contributed by atoms with Crippen LogP contribution in [0.25, 0.3) is 0 Å². The standard InChI is InChI=1S/C13H25N/c1-10(2)11-8-12(3,4)14(7)13(5,6)9-11/h11H,1,8-9H2,2-7H3. The maximum atomic E-state index is 4.12. The van der Waals surface area contributed by atoms with Gasteiger partial charge in [-0.25, -0.2) is 0 Å². The number of rotatable bonds is 1. The molecule has 1 heteroatoms. The summed E-state index contributed by atoms with van der Waals surface area (Å²) in [6.45, 7) is 15.6. The Balaban J connectivity index is 2.91. The SMILES string of the molecule is C=C(C)C1CC(C)(C)N(C)C(C)(C)C1.